The Bertz CT molecular complexity index is 709. The molecule has 0 aliphatic carbocycles. The van der Waals surface area contributed by atoms with Crippen LogP contribution >= 0.6 is 0 Å². The molecule has 1 heterocycles. The van der Waals surface area contributed by atoms with Crippen LogP contribution in [0.25, 0.3) is 0 Å². The van der Waals surface area contributed by atoms with E-state index in [4.69, 9.17) is 4.52 Å². The summed E-state index contributed by atoms with van der Waals surface area (Å²) < 4.78 is 4.71. The molecular weight excluding hydrogens is 342 g/mol. The molecule has 0 saturated carbocycles. The monoisotopic (exact) mass is 371 g/mol. The molecular formula is C21H29N3O3. The molecule has 0 unspecified atom stereocenters. The van der Waals surface area contributed by atoms with Crippen molar-refractivity contribution in [3.8, 4) is 0 Å². The Hall–Kier alpha value is -2.63. The first kappa shape index (κ1) is 20.7. The first-order valence-corrected chi connectivity index (χ1v) is 9.58. The van der Waals surface area contributed by atoms with E-state index in [0.717, 1.165) is 25.7 Å². The fraction of sp³-hybridized carbons (Fsp3) is 0.476. The van der Waals surface area contributed by atoms with Gasteiger partial charge in [0, 0.05) is 18.2 Å². The van der Waals surface area contributed by atoms with Crippen LogP contribution in [0, 0.1) is 5.92 Å². The number of unbranched alkanes of at least 4 members (excludes halogenated alkanes) is 1. The van der Waals surface area contributed by atoms with Gasteiger partial charge >= 0.3 is 0 Å². The molecule has 1 N–H and O–H groups in total. The van der Waals surface area contributed by atoms with Crippen LogP contribution in [0.3, 0.4) is 0 Å². The van der Waals surface area contributed by atoms with E-state index < -0.39 is 0 Å². The predicted octanol–water partition coefficient (Wildman–Crippen LogP) is 4.14. The zero-order valence-corrected chi connectivity index (χ0v) is 16.4. The van der Waals surface area contributed by atoms with E-state index in [1.807, 2.05) is 24.3 Å². The molecule has 6 nitrogen and oxygen atoms in total. The number of nitrogens with zero attached hydrogens (tertiary/aromatic N) is 2. The van der Waals surface area contributed by atoms with Gasteiger partial charge in [-0.3, -0.25) is 9.59 Å². The molecule has 1 aromatic heterocycles. The second-order valence-electron chi connectivity index (χ2n) is 7.14. The highest BCUT2D eigenvalue weighted by Gasteiger charge is 2.19. The molecule has 2 aromatic rings. The molecule has 146 valence electrons. The summed E-state index contributed by atoms with van der Waals surface area (Å²) in [6, 6.07) is 9.27. The molecule has 0 aliphatic rings. The van der Waals surface area contributed by atoms with Gasteiger partial charge < -0.3 is 14.7 Å². The van der Waals surface area contributed by atoms with Crippen molar-refractivity contribution in [1.82, 2.24) is 10.1 Å². The SMILES string of the molecule is CCCCc1ccc(C(=O)N(CCC(C)C)CC(=O)Nc2ccon2)cc1. The number of rotatable bonds is 10. The van der Waals surface area contributed by atoms with Crippen molar-refractivity contribution >= 4 is 17.6 Å². The van der Waals surface area contributed by atoms with Gasteiger partial charge in [0.1, 0.15) is 12.8 Å². The molecule has 2 amide bonds. The fourth-order valence-corrected chi connectivity index (χ4v) is 2.68. The third-order valence-corrected chi connectivity index (χ3v) is 4.32. The van der Waals surface area contributed by atoms with Crippen LogP contribution in [0.5, 0.6) is 0 Å². The highest BCUT2D eigenvalue weighted by atomic mass is 16.5. The van der Waals surface area contributed by atoms with Gasteiger partial charge in [-0.2, -0.15) is 0 Å². The minimum atomic E-state index is -0.291. The molecule has 0 saturated heterocycles. The number of anilines is 1. The lowest BCUT2D eigenvalue weighted by Crippen LogP contribution is -2.39. The maximum Gasteiger partial charge on any atom is 0.254 e. The van der Waals surface area contributed by atoms with Crippen molar-refractivity contribution < 1.29 is 14.1 Å². The highest BCUT2D eigenvalue weighted by Crippen LogP contribution is 2.12. The summed E-state index contributed by atoms with van der Waals surface area (Å²) >= 11 is 0. The third kappa shape index (κ3) is 6.89. The van der Waals surface area contributed by atoms with E-state index in [-0.39, 0.29) is 18.4 Å². The van der Waals surface area contributed by atoms with Gasteiger partial charge in [0.2, 0.25) is 5.91 Å². The molecule has 0 spiro atoms. The largest absolute Gasteiger partial charge is 0.363 e. The topological polar surface area (TPSA) is 75.4 Å². The molecule has 0 aliphatic heterocycles. The summed E-state index contributed by atoms with van der Waals surface area (Å²) in [7, 11) is 0. The van der Waals surface area contributed by atoms with Crippen LogP contribution in [0.15, 0.2) is 41.1 Å². The lowest BCUT2D eigenvalue weighted by atomic mass is 10.1. The number of aromatic nitrogens is 1. The van der Waals surface area contributed by atoms with E-state index in [1.165, 1.54) is 11.8 Å². The van der Waals surface area contributed by atoms with Crippen molar-refractivity contribution in [1.29, 1.82) is 0 Å². The van der Waals surface area contributed by atoms with Crippen LogP contribution in [0.1, 0.15) is 56.0 Å². The molecule has 0 fully saturated rings. The standard InChI is InChI=1S/C21H29N3O3/c1-4-5-6-17-7-9-18(10-8-17)21(26)24(13-11-16(2)3)15-20(25)22-19-12-14-27-23-19/h7-10,12,14,16H,4-6,11,13,15H2,1-3H3,(H,22,23,25). The van der Waals surface area contributed by atoms with E-state index in [9.17, 15) is 9.59 Å². The Morgan fingerprint density at radius 1 is 1.19 bits per heavy atom. The van der Waals surface area contributed by atoms with Crippen molar-refractivity contribution in [2.24, 2.45) is 5.92 Å². The highest BCUT2D eigenvalue weighted by molar-refractivity contribution is 5.99. The Morgan fingerprint density at radius 2 is 1.93 bits per heavy atom. The van der Waals surface area contributed by atoms with E-state index in [0.29, 0.717) is 23.8 Å². The number of benzene rings is 1. The van der Waals surface area contributed by atoms with E-state index in [2.05, 4.69) is 31.2 Å². The summed E-state index contributed by atoms with van der Waals surface area (Å²) in [5.74, 6) is 0.362. The van der Waals surface area contributed by atoms with Gasteiger partial charge in [-0.1, -0.05) is 44.5 Å². The number of carbonyl (C=O) groups is 2. The normalized spacial score (nSPS) is 10.8. The van der Waals surface area contributed by atoms with Gasteiger partial charge in [0.05, 0.1) is 0 Å². The average Bonchev–Trinajstić information content (AvgIpc) is 3.16. The lowest BCUT2D eigenvalue weighted by Gasteiger charge is -2.23. The summed E-state index contributed by atoms with van der Waals surface area (Å²) in [4.78, 5) is 26.8. The van der Waals surface area contributed by atoms with Crippen LogP contribution in [-0.4, -0.2) is 35.0 Å². The zero-order valence-electron chi connectivity index (χ0n) is 16.4. The van der Waals surface area contributed by atoms with Gasteiger partial charge in [0.15, 0.2) is 5.82 Å². The molecule has 0 atom stereocenters. The Morgan fingerprint density at radius 3 is 2.52 bits per heavy atom. The summed E-state index contributed by atoms with van der Waals surface area (Å²) in [5.41, 5.74) is 1.83. The van der Waals surface area contributed by atoms with E-state index in [1.54, 1.807) is 11.0 Å². The quantitative estimate of drug-likeness (QED) is 0.681. The second kappa shape index (κ2) is 10.5. The molecule has 0 radical (unpaired) electrons. The van der Waals surface area contributed by atoms with Crippen LogP contribution in [0.4, 0.5) is 5.82 Å². The minimum Gasteiger partial charge on any atom is -0.363 e. The first-order valence-electron chi connectivity index (χ1n) is 9.58. The van der Waals surface area contributed by atoms with Gasteiger partial charge in [-0.05, 0) is 42.9 Å². The molecule has 1 aromatic carbocycles. The first-order chi connectivity index (χ1) is 13.0. The fourth-order valence-electron chi connectivity index (χ4n) is 2.68. The molecule has 6 heteroatoms. The summed E-state index contributed by atoms with van der Waals surface area (Å²) in [5, 5.41) is 6.31. The van der Waals surface area contributed by atoms with Crippen LogP contribution in [-0.2, 0) is 11.2 Å². The second-order valence-corrected chi connectivity index (χ2v) is 7.14. The van der Waals surface area contributed by atoms with Gasteiger partial charge in [0.25, 0.3) is 5.91 Å². The molecule has 2 rings (SSSR count). The third-order valence-electron chi connectivity index (χ3n) is 4.32. The number of aryl methyl sites for hydroxylation is 1. The summed E-state index contributed by atoms with van der Waals surface area (Å²) in [6.07, 6.45) is 5.51. The number of hydrogen-bond acceptors (Lipinski definition) is 4. The van der Waals surface area contributed by atoms with Crippen molar-refractivity contribution in [2.45, 2.75) is 46.5 Å². The van der Waals surface area contributed by atoms with Gasteiger partial charge in [-0.15, -0.1) is 0 Å². The Kier molecular flexibility index (Phi) is 8.04. The maximum atomic E-state index is 12.9. The number of nitrogens with one attached hydrogen (secondary N) is 1. The number of hydrogen-bond donors (Lipinski definition) is 1. The van der Waals surface area contributed by atoms with Crippen LogP contribution in [0.2, 0.25) is 0 Å². The van der Waals surface area contributed by atoms with E-state index >= 15 is 0 Å². The Balaban J connectivity index is 2.04. The zero-order chi connectivity index (χ0) is 19.6. The average molecular weight is 371 g/mol. The number of amides is 2. The van der Waals surface area contributed by atoms with Crippen molar-refractivity contribution in [2.75, 3.05) is 18.4 Å². The predicted molar refractivity (Wildman–Crippen MR) is 106 cm³/mol. The van der Waals surface area contributed by atoms with Crippen LogP contribution < -0.4 is 5.32 Å². The Labute approximate surface area is 160 Å². The lowest BCUT2D eigenvalue weighted by molar-refractivity contribution is -0.117. The minimum absolute atomic E-state index is 0.0179. The smallest absolute Gasteiger partial charge is 0.254 e. The van der Waals surface area contributed by atoms with Crippen molar-refractivity contribution in [3.05, 3.63) is 47.7 Å². The molecule has 0 bridgehead atoms. The maximum absolute atomic E-state index is 12.9. The number of carbonyl (C=O) groups excluding carboxylic acids is 2. The van der Waals surface area contributed by atoms with Crippen molar-refractivity contribution in [3.63, 3.8) is 0 Å². The molecule has 27 heavy (non-hydrogen) atoms. The van der Waals surface area contributed by atoms with Gasteiger partial charge in [-0.25, -0.2) is 0 Å². The summed E-state index contributed by atoms with van der Waals surface area (Å²) in [6.45, 7) is 6.87.